The molecule has 1 heteroatoms. The number of hydrogen-bond acceptors (Lipinski definition) is 0. The van der Waals surface area contributed by atoms with Crippen molar-refractivity contribution >= 4 is 13.3 Å². The molecule has 0 atom stereocenters. The Hall–Kier alpha value is -0.823. The molecule has 0 saturated heterocycles. The van der Waals surface area contributed by atoms with Crippen molar-refractivity contribution in [2.45, 2.75) is 45.2 Å². The molecule has 0 saturated carbocycles. The Balaban J connectivity index is 2.27. The van der Waals surface area contributed by atoms with Gasteiger partial charge < -0.3 is 0 Å². The standard InChI is InChI=1S/C15H22Si/c1-16(2,15-12-8-5-9-13-15)14-10-6-3-4-7-11-14/h5,8-10,12-13H,3-4,6-7,11H2,1-2H3. The molecule has 0 spiro atoms. The molecule has 0 aromatic heterocycles. The van der Waals surface area contributed by atoms with E-state index in [-0.39, 0.29) is 0 Å². The molecule has 0 radical (unpaired) electrons. The van der Waals surface area contributed by atoms with Crippen LogP contribution in [0.15, 0.2) is 41.6 Å². The van der Waals surface area contributed by atoms with Crippen LogP contribution >= 0.6 is 0 Å². The van der Waals surface area contributed by atoms with E-state index in [1.165, 1.54) is 32.1 Å². The van der Waals surface area contributed by atoms with Crippen LogP contribution in [0.3, 0.4) is 0 Å². The smallest absolute Gasteiger partial charge is 0.0888 e. The number of allylic oxidation sites excluding steroid dienone is 2. The molecule has 86 valence electrons. The Labute approximate surface area is 100 Å². The van der Waals surface area contributed by atoms with Crippen molar-refractivity contribution in [1.82, 2.24) is 0 Å². The highest BCUT2D eigenvalue weighted by Gasteiger charge is 2.27. The summed E-state index contributed by atoms with van der Waals surface area (Å²) >= 11 is 0. The van der Waals surface area contributed by atoms with Crippen molar-refractivity contribution in [1.29, 1.82) is 0 Å². The van der Waals surface area contributed by atoms with Gasteiger partial charge in [0.25, 0.3) is 0 Å². The first-order valence-corrected chi connectivity index (χ1v) is 9.46. The molecule has 0 bridgehead atoms. The largest absolute Gasteiger partial charge is 0.107 e. The van der Waals surface area contributed by atoms with Gasteiger partial charge >= 0.3 is 0 Å². The van der Waals surface area contributed by atoms with Crippen LogP contribution in [0.5, 0.6) is 0 Å². The van der Waals surface area contributed by atoms with Gasteiger partial charge in [-0.25, -0.2) is 0 Å². The average Bonchev–Trinajstić information content (AvgIpc) is 2.59. The average molecular weight is 230 g/mol. The molecule has 0 aliphatic heterocycles. The first-order valence-electron chi connectivity index (χ1n) is 6.46. The Kier molecular flexibility index (Phi) is 3.65. The van der Waals surface area contributed by atoms with Crippen LogP contribution in [-0.4, -0.2) is 8.07 Å². The van der Waals surface area contributed by atoms with Gasteiger partial charge in [0.2, 0.25) is 0 Å². The fourth-order valence-electron chi connectivity index (χ4n) is 2.62. The van der Waals surface area contributed by atoms with Gasteiger partial charge in [-0.15, -0.1) is 0 Å². The molecule has 0 fully saturated rings. The number of benzene rings is 1. The first kappa shape index (κ1) is 11.7. The van der Waals surface area contributed by atoms with E-state index in [9.17, 15) is 0 Å². The second-order valence-electron chi connectivity index (χ2n) is 5.32. The summed E-state index contributed by atoms with van der Waals surface area (Å²) in [5.74, 6) is 0. The van der Waals surface area contributed by atoms with Crippen LogP contribution in [-0.2, 0) is 0 Å². The third-order valence-electron chi connectivity index (χ3n) is 3.84. The molecule has 0 amide bonds. The van der Waals surface area contributed by atoms with Crippen LogP contribution in [0.2, 0.25) is 13.1 Å². The third-order valence-corrected chi connectivity index (χ3v) is 7.68. The van der Waals surface area contributed by atoms with Crippen molar-refractivity contribution in [3.63, 3.8) is 0 Å². The minimum atomic E-state index is -1.35. The summed E-state index contributed by atoms with van der Waals surface area (Å²) in [6, 6.07) is 11.1. The lowest BCUT2D eigenvalue weighted by Gasteiger charge is -2.26. The van der Waals surface area contributed by atoms with Crippen molar-refractivity contribution in [2.24, 2.45) is 0 Å². The van der Waals surface area contributed by atoms with E-state index in [0.29, 0.717) is 0 Å². The maximum Gasteiger partial charge on any atom is 0.107 e. The highest BCUT2D eigenvalue weighted by molar-refractivity contribution is 6.95. The summed E-state index contributed by atoms with van der Waals surface area (Å²) < 4.78 is 0. The van der Waals surface area contributed by atoms with Crippen molar-refractivity contribution in [3.05, 3.63) is 41.6 Å². The summed E-state index contributed by atoms with van der Waals surface area (Å²) in [6.07, 6.45) is 9.40. The highest BCUT2D eigenvalue weighted by atomic mass is 28.3. The summed E-state index contributed by atoms with van der Waals surface area (Å²) in [6.45, 7) is 5.00. The van der Waals surface area contributed by atoms with E-state index >= 15 is 0 Å². The van der Waals surface area contributed by atoms with E-state index in [0.717, 1.165) is 0 Å². The van der Waals surface area contributed by atoms with Gasteiger partial charge in [-0.3, -0.25) is 0 Å². The van der Waals surface area contributed by atoms with Crippen molar-refractivity contribution in [2.75, 3.05) is 0 Å². The highest BCUT2D eigenvalue weighted by Crippen LogP contribution is 2.25. The van der Waals surface area contributed by atoms with Gasteiger partial charge in [-0.05, 0) is 25.7 Å². The van der Waals surface area contributed by atoms with Crippen molar-refractivity contribution in [3.8, 4) is 0 Å². The Morgan fingerprint density at radius 3 is 2.44 bits per heavy atom. The van der Waals surface area contributed by atoms with Crippen LogP contribution in [0.25, 0.3) is 0 Å². The van der Waals surface area contributed by atoms with Crippen LogP contribution in [0.4, 0.5) is 0 Å². The summed E-state index contributed by atoms with van der Waals surface area (Å²) in [5.41, 5.74) is 0. The molecule has 0 heterocycles. The maximum absolute atomic E-state index is 2.55. The minimum Gasteiger partial charge on any atom is -0.0888 e. The fourth-order valence-corrected chi connectivity index (χ4v) is 5.48. The molecule has 16 heavy (non-hydrogen) atoms. The molecule has 1 aromatic rings. The van der Waals surface area contributed by atoms with Gasteiger partial charge in [0.05, 0.1) is 0 Å². The normalized spacial score (nSPS) is 17.8. The molecule has 0 nitrogen and oxygen atoms in total. The van der Waals surface area contributed by atoms with Crippen molar-refractivity contribution < 1.29 is 0 Å². The molecule has 1 aromatic carbocycles. The zero-order chi connectivity index (χ0) is 11.4. The summed E-state index contributed by atoms with van der Waals surface area (Å²) in [7, 11) is -1.35. The van der Waals surface area contributed by atoms with Gasteiger partial charge in [0.1, 0.15) is 8.07 Å². The van der Waals surface area contributed by atoms with Crippen LogP contribution < -0.4 is 5.19 Å². The first-order chi connectivity index (χ1) is 7.71. The lowest BCUT2D eigenvalue weighted by atomic mass is 10.2. The Morgan fingerprint density at radius 2 is 1.69 bits per heavy atom. The van der Waals surface area contributed by atoms with E-state index in [4.69, 9.17) is 0 Å². The Morgan fingerprint density at radius 1 is 0.938 bits per heavy atom. The van der Waals surface area contributed by atoms with Gasteiger partial charge in [-0.1, -0.05) is 66.3 Å². The summed E-state index contributed by atoms with van der Waals surface area (Å²) in [5, 5.41) is 3.36. The second-order valence-corrected chi connectivity index (χ2v) is 9.79. The van der Waals surface area contributed by atoms with E-state index in [1.54, 1.807) is 10.4 Å². The lowest BCUT2D eigenvalue weighted by Crippen LogP contribution is -2.43. The van der Waals surface area contributed by atoms with Gasteiger partial charge in [0.15, 0.2) is 0 Å². The van der Waals surface area contributed by atoms with E-state index in [2.05, 4.69) is 49.5 Å². The molecule has 0 unspecified atom stereocenters. The fraction of sp³-hybridized carbons (Fsp3) is 0.467. The molecular formula is C15H22Si. The van der Waals surface area contributed by atoms with Crippen LogP contribution in [0, 0.1) is 0 Å². The van der Waals surface area contributed by atoms with Gasteiger partial charge in [-0.2, -0.15) is 0 Å². The predicted molar refractivity (Wildman–Crippen MR) is 74.7 cm³/mol. The predicted octanol–water partition coefficient (Wildman–Crippen LogP) is 4.03. The third kappa shape index (κ3) is 2.46. The van der Waals surface area contributed by atoms with E-state index < -0.39 is 8.07 Å². The molecule has 1 aliphatic rings. The van der Waals surface area contributed by atoms with E-state index in [1.807, 2.05) is 0 Å². The molecule has 2 rings (SSSR count). The minimum absolute atomic E-state index is 1.30. The number of hydrogen-bond donors (Lipinski definition) is 0. The zero-order valence-corrected chi connectivity index (χ0v) is 11.5. The molecular weight excluding hydrogens is 208 g/mol. The summed E-state index contributed by atoms with van der Waals surface area (Å²) in [4.78, 5) is 0. The molecule has 0 N–H and O–H groups in total. The second kappa shape index (κ2) is 5.01. The number of rotatable bonds is 2. The zero-order valence-electron chi connectivity index (χ0n) is 10.5. The van der Waals surface area contributed by atoms with Gasteiger partial charge in [0, 0.05) is 0 Å². The van der Waals surface area contributed by atoms with Crippen LogP contribution in [0.1, 0.15) is 32.1 Å². The lowest BCUT2D eigenvalue weighted by molar-refractivity contribution is 0.715. The molecule has 1 aliphatic carbocycles. The SMILES string of the molecule is C[Si](C)(C1=CCCCCC1)c1ccccc1. The Bertz CT molecular complexity index is 362. The topological polar surface area (TPSA) is 0 Å². The quantitative estimate of drug-likeness (QED) is 0.673. The monoisotopic (exact) mass is 230 g/mol. The maximum atomic E-state index is 2.55.